The molecule has 0 bridgehead atoms. The molecular weight excluding hydrogens is 332 g/mol. The van der Waals surface area contributed by atoms with E-state index in [1.54, 1.807) is 11.5 Å². The molecule has 0 unspecified atom stereocenters. The number of aldehydes is 1. The van der Waals surface area contributed by atoms with Gasteiger partial charge in [0, 0.05) is 34.0 Å². The van der Waals surface area contributed by atoms with Crippen LogP contribution in [-0.4, -0.2) is 22.7 Å². The lowest BCUT2D eigenvalue weighted by Crippen LogP contribution is -2.34. The van der Waals surface area contributed by atoms with Gasteiger partial charge < -0.3 is 10.3 Å². The van der Waals surface area contributed by atoms with Gasteiger partial charge in [-0.1, -0.05) is 24.3 Å². The van der Waals surface area contributed by atoms with Gasteiger partial charge in [0.15, 0.2) is 5.78 Å². The molecule has 3 rings (SSSR count). The highest BCUT2D eigenvalue weighted by molar-refractivity contribution is 6.17. The summed E-state index contributed by atoms with van der Waals surface area (Å²) in [5.41, 5.74) is 9.09. The number of nitrogens with zero attached hydrogens (tertiary/aromatic N) is 1. The number of aromatic nitrogens is 1. The van der Waals surface area contributed by atoms with Gasteiger partial charge in [-0.2, -0.15) is 0 Å². The van der Waals surface area contributed by atoms with Crippen molar-refractivity contribution in [2.24, 2.45) is 11.6 Å². The molecular formula is C19H20N4O3. The number of carbonyl (C=O) groups excluding carboxylic acids is 3. The number of carbonyl (C=O) groups is 3. The van der Waals surface area contributed by atoms with Crippen molar-refractivity contribution >= 4 is 39.9 Å². The molecule has 1 heterocycles. The molecule has 7 heteroatoms. The maximum absolute atomic E-state index is 12.0. The van der Waals surface area contributed by atoms with Gasteiger partial charge in [-0.25, -0.2) is 10.6 Å². The monoisotopic (exact) mass is 352 g/mol. The van der Waals surface area contributed by atoms with E-state index in [0.29, 0.717) is 17.7 Å². The van der Waals surface area contributed by atoms with Crippen LogP contribution < -0.4 is 17.0 Å². The van der Waals surface area contributed by atoms with Crippen LogP contribution in [0.1, 0.15) is 27.6 Å². The van der Waals surface area contributed by atoms with E-state index in [1.165, 1.54) is 6.92 Å². The highest BCUT2D eigenvalue weighted by Gasteiger charge is 2.16. The molecule has 0 aliphatic carbocycles. The Labute approximate surface area is 150 Å². The van der Waals surface area contributed by atoms with Crippen LogP contribution in [0, 0.1) is 0 Å². The Morgan fingerprint density at radius 1 is 1.23 bits per heavy atom. The van der Waals surface area contributed by atoms with E-state index in [1.807, 2.05) is 36.4 Å². The number of nitrogens with two attached hydrogens (primary N) is 2. The summed E-state index contributed by atoms with van der Waals surface area (Å²) in [5.74, 6) is 4.40. The predicted molar refractivity (Wildman–Crippen MR) is 102 cm³/mol. The van der Waals surface area contributed by atoms with Crippen LogP contribution in [0.25, 0.3) is 21.8 Å². The Morgan fingerprint density at radius 3 is 2.42 bits per heavy atom. The number of fused-ring (bicyclic) bond motifs is 3. The maximum Gasteiger partial charge on any atom is 0.326 e. The minimum absolute atomic E-state index is 0.0446. The minimum atomic E-state index is -0.718. The van der Waals surface area contributed by atoms with E-state index in [4.69, 9.17) is 0 Å². The molecule has 0 spiro atoms. The predicted octanol–water partition coefficient (Wildman–Crippen LogP) is 2.52. The number of urea groups is 1. The standard InChI is InChI=1S/C18H15NO2.CH5N3O/c1-3-8-19-17-7-5-4-6-14(17)16-10-13(11-20)9-15(12(2)21)18(16)19;2-1(5)4-3/h3-7,9-11H,1,8H2,2H3;3H2,(H3,2,4,5). The molecule has 26 heavy (non-hydrogen) atoms. The lowest BCUT2D eigenvalue weighted by Gasteiger charge is -2.07. The first-order valence-electron chi connectivity index (χ1n) is 7.82. The third-order valence-electron chi connectivity index (χ3n) is 3.86. The fraction of sp³-hybridized carbons (Fsp3) is 0.105. The van der Waals surface area contributed by atoms with E-state index >= 15 is 0 Å². The van der Waals surface area contributed by atoms with E-state index in [9.17, 15) is 14.4 Å². The molecule has 7 nitrogen and oxygen atoms in total. The highest BCUT2D eigenvalue weighted by atomic mass is 16.2. The van der Waals surface area contributed by atoms with Gasteiger partial charge in [-0.15, -0.1) is 6.58 Å². The van der Waals surface area contributed by atoms with Crippen LogP contribution >= 0.6 is 0 Å². The Balaban J connectivity index is 0.000000431. The van der Waals surface area contributed by atoms with Gasteiger partial charge in [0.25, 0.3) is 0 Å². The minimum Gasteiger partial charge on any atom is -0.351 e. The Bertz CT molecular complexity index is 1000. The van der Waals surface area contributed by atoms with Crippen molar-refractivity contribution in [3.63, 3.8) is 0 Å². The first kappa shape index (κ1) is 18.9. The number of para-hydroxylation sites is 1. The van der Waals surface area contributed by atoms with Crippen LogP contribution in [0.4, 0.5) is 4.79 Å². The quantitative estimate of drug-likeness (QED) is 0.167. The van der Waals surface area contributed by atoms with Crippen molar-refractivity contribution < 1.29 is 14.4 Å². The van der Waals surface area contributed by atoms with Crippen molar-refractivity contribution in [2.45, 2.75) is 13.5 Å². The number of primary amides is 1. The molecule has 0 atom stereocenters. The molecule has 3 aromatic rings. The number of hydrogen-bond donors (Lipinski definition) is 3. The first-order valence-corrected chi connectivity index (χ1v) is 7.82. The van der Waals surface area contributed by atoms with Crippen molar-refractivity contribution in [1.82, 2.24) is 9.99 Å². The second kappa shape index (κ2) is 8.09. The van der Waals surface area contributed by atoms with E-state index in [-0.39, 0.29) is 5.78 Å². The normalized spacial score (nSPS) is 10.1. The van der Waals surface area contributed by atoms with Gasteiger partial charge in [0.1, 0.15) is 6.29 Å². The SMILES string of the molecule is C=CCn1c2ccccc2c2cc(C=O)cc(C(C)=O)c21.NNC(N)=O. The lowest BCUT2D eigenvalue weighted by atomic mass is 10.0. The number of rotatable bonds is 4. The summed E-state index contributed by atoms with van der Waals surface area (Å²) in [6, 6.07) is 10.7. The van der Waals surface area contributed by atoms with Crippen molar-refractivity contribution in [3.8, 4) is 0 Å². The van der Waals surface area contributed by atoms with Crippen molar-refractivity contribution in [3.05, 3.63) is 60.2 Å². The van der Waals surface area contributed by atoms with Crippen molar-refractivity contribution in [1.29, 1.82) is 0 Å². The summed E-state index contributed by atoms with van der Waals surface area (Å²) in [5, 5.41) is 1.97. The molecule has 134 valence electrons. The summed E-state index contributed by atoms with van der Waals surface area (Å²) in [7, 11) is 0. The van der Waals surface area contributed by atoms with Gasteiger partial charge in [0.2, 0.25) is 0 Å². The summed E-state index contributed by atoms with van der Waals surface area (Å²) >= 11 is 0. The summed E-state index contributed by atoms with van der Waals surface area (Å²) < 4.78 is 2.07. The smallest absolute Gasteiger partial charge is 0.326 e. The molecule has 1 aromatic heterocycles. The number of nitrogens with one attached hydrogen (secondary N) is 1. The number of Topliss-reactive ketones (excluding diaryl/α,β-unsaturated/α-hetero) is 1. The second-order valence-corrected chi connectivity index (χ2v) is 5.56. The first-order chi connectivity index (χ1) is 12.4. The van der Waals surface area contributed by atoms with E-state index in [0.717, 1.165) is 28.1 Å². The Hall–Kier alpha value is -3.45. The zero-order chi connectivity index (χ0) is 19.3. The van der Waals surface area contributed by atoms with Crippen LogP contribution in [0.5, 0.6) is 0 Å². The number of amides is 2. The van der Waals surface area contributed by atoms with Crippen LogP contribution in [0.3, 0.4) is 0 Å². The number of hydrazine groups is 1. The van der Waals surface area contributed by atoms with Gasteiger partial charge in [-0.3, -0.25) is 15.0 Å². The molecule has 5 N–H and O–H groups in total. The summed E-state index contributed by atoms with van der Waals surface area (Å²) in [6.45, 7) is 5.94. The van der Waals surface area contributed by atoms with E-state index < -0.39 is 6.03 Å². The molecule has 0 aliphatic rings. The lowest BCUT2D eigenvalue weighted by molar-refractivity contribution is 0.101. The van der Waals surface area contributed by atoms with Crippen molar-refractivity contribution in [2.75, 3.05) is 0 Å². The van der Waals surface area contributed by atoms with E-state index in [2.05, 4.69) is 22.7 Å². The number of hydrogen-bond acceptors (Lipinski definition) is 4. The Morgan fingerprint density at radius 2 is 1.88 bits per heavy atom. The molecule has 0 saturated carbocycles. The average molecular weight is 352 g/mol. The van der Waals surface area contributed by atoms with Crippen LogP contribution in [-0.2, 0) is 6.54 Å². The molecule has 0 radical (unpaired) electrons. The number of benzene rings is 2. The van der Waals surface area contributed by atoms with Gasteiger partial charge >= 0.3 is 6.03 Å². The topological polar surface area (TPSA) is 120 Å². The Kier molecular flexibility index (Phi) is 5.87. The third kappa shape index (κ3) is 3.62. The maximum atomic E-state index is 12.0. The zero-order valence-corrected chi connectivity index (χ0v) is 14.4. The largest absolute Gasteiger partial charge is 0.351 e. The molecule has 0 saturated heterocycles. The number of allylic oxidation sites excluding steroid dienone is 1. The third-order valence-corrected chi connectivity index (χ3v) is 3.86. The summed E-state index contributed by atoms with van der Waals surface area (Å²) in [4.78, 5) is 32.5. The van der Waals surface area contributed by atoms with Gasteiger partial charge in [-0.05, 0) is 25.1 Å². The average Bonchev–Trinajstić information content (AvgIpc) is 2.95. The highest BCUT2D eigenvalue weighted by Crippen LogP contribution is 2.32. The van der Waals surface area contributed by atoms with Gasteiger partial charge in [0.05, 0.1) is 5.52 Å². The number of ketones is 1. The molecule has 2 amide bonds. The fourth-order valence-corrected chi connectivity index (χ4v) is 2.87. The zero-order valence-electron chi connectivity index (χ0n) is 14.4. The second-order valence-electron chi connectivity index (χ2n) is 5.56. The fourth-order valence-electron chi connectivity index (χ4n) is 2.87. The van der Waals surface area contributed by atoms with Crippen LogP contribution in [0.15, 0.2) is 49.1 Å². The summed E-state index contributed by atoms with van der Waals surface area (Å²) in [6.07, 6.45) is 2.59. The molecule has 0 aliphatic heterocycles. The van der Waals surface area contributed by atoms with Crippen LogP contribution in [0.2, 0.25) is 0 Å². The molecule has 2 aromatic carbocycles. The molecule has 0 fully saturated rings.